The topological polar surface area (TPSA) is 94.4 Å². The van der Waals surface area contributed by atoms with Gasteiger partial charge in [-0.1, -0.05) is 0 Å². The van der Waals surface area contributed by atoms with E-state index >= 15 is 0 Å². The van der Waals surface area contributed by atoms with Crippen LogP contribution >= 0.6 is 11.9 Å². The minimum atomic E-state index is -2.67. The molecule has 1 aromatic carbocycles. The lowest BCUT2D eigenvalue weighted by Crippen LogP contribution is -2.45. The predicted molar refractivity (Wildman–Crippen MR) is 154 cm³/mol. The van der Waals surface area contributed by atoms with Crippen LogP contribution in [0.3, 0.4) is 0 Å². The molecule has 0 radical (unpaired) electrons. The first-order valence-electron chi connectivity index (χ1n) is 13.5. The molecule has 12 heteroatoms. The van der Waals surface area contributed by atoms with Gasteiger partial charge in [0.15, 0.2) is 5.82 Å². The molecule has 6 rings (SSSR count). The summed E-state index contributed by atoms with van der Waals surface area (Å²) in [4.78, 5) is 24.8. The van der Waals surface area contributed by atoms with Crippen LogP contribution in [0.4, 0.5) is 14.6 Å². The van der Waals surface area contributed by atoms with Crippen LogP contribution in [-0.2, 0) is 13.6 Å². The quantitative estimate of drug-likeness (QED) is 0.239. The second kappa shape index (κ2) is 10.5. The number of nitrogens with two attached hydrogens (primary N) is 1. The third-order valence-electron chi connectivity index (χ3n) is 7.84. The number of alkyl halides is 2. The van der Waals surface area contributed by atoms with Gasteiger partial charge >= 0.3 is 6.55 Å². The third kappa shape index (κ3) is 4.77. The van der Waals surface area contributed by atoms with Gasteiger partial charge in [-0.2, -0.15) is 8.78 Å². The summed E-state index contributed by atoms with van der Waals surface area (Å²) in [5, 5.41) is 0.853. The summed E-state index contributed by atoms with van der Waals surface area (Å²) in [6.45, 7) is -0.739. The first kappa shape index (κ1) is 26.8. The second-order valence-corrected chi connectivity index (χ2v) is 11.4. The van der Waals surface area contributed by atoms with Crippen molar-refractivity contribution in [2.24, 2.45) is 18.7 Å². The van der Waals surface area contributed by atoms with Gasteiger partial charge in [0.05, 0.1) is 18.3 Å². The highest BCUT2D eigenvalue weighted by Gasteiger charge is 2.29. The maximum atomic E-state index is 13.6. The Hall–Kier alpha value is -3.38. The number of benzene rings is 1. The number of likely N-dealkylation sites (tertiary alicyclic amines) is 1. The van der Waals surface area contributed by atoms with Gasteiger partial charge in [0.2, 0.25) is 0 Å². The first-order chi connectivity index (χ1) is 19.3. The highest BCUT2D eigenvalue weighted by molar-refractivity contribution is 7.99. The Balaban J connectivity index is 1.47. The molecule has 1 saturated carbocycles. The number of hydrogen-bond acceptors (Lipinski definition) is 7. The zero-order valence-electron chi connectivity index (χ0n) is 22.8. The fourth-order valence-corrected chi connectivity index (χ4v) is 6.09. The number of ether oxygens (including phenoxy) is 1. The van der Waals surface area contributed by atoms with Crippen LogP contribution in [0.5, 0.6) is 5.75 Å². The molecule has 1 unspecified atom stereocenters. The van der Waals surface area contributed by atoms with Crippen molar-refractivity contribution in [1.82, 2.24) is 24.0 Å². The third-order valence-corrected chi connectivity index (χ3v) is 8.58. The molecule has 9 nitrogen and oxygen atoms in total. The lowest BCUT2D eigenvalue weighted by atomic mass is 10.0. The number of methoxy groups -OCH3 is 1. The molecule has 1 saturated heterocycles. The van der Waals surface area contributed by atoms with Crippen LogP contribution < -0.4 is 14.8 Å². The summed E-state index contributed by atoms with van der Waals surface area (Å²) < 4.78 is 38.0. The van der Waals surface area contributed by atoms with Gasteiger partial charge in [-0.15, -0.1) is 0 Å². The highest BCUT2D eigenvalue weighted by atomic mass is 32.2. The molecule has 4 heterocycles. The number of rotatable bonds is 8. The summed E-state index contributed by atoms with van der Waals surface area (Å²) in [6, 6.07) is 9.03. The Morgan fingerprint density at radius 1 is 1.23 bits per heavy atom. The molecule has 3 aromatic heterocycles. The van der Waals surface area contributed by atoms with Gasteiger partial charge in [-0.05, 0) is 73.9 Å². The zero-order valence-corrected chi connectivity index (χ0v) is 23.6. The largest absolute Gasteiger partial charge is 0.494 e. The molecule has 2 aliphatic rings. The van der Waals surface area contributed by atoms with Crippen molar-refractivity contribution in [3.63, 3.8) is 0 Å². The summed E-state index contributed by atoms with van der Waals surface area (Å²) in [5.41, 5.74) is 9.54. The molecule has 1 aliphatic heterocycles. The number of carbonyl (C=O) groups excluding carboxylic acids is 1. The van der Waals surface area contributed by atoms with Gasteiger partial charge in [0, 0.05) is 49.9 Å². The number of aromatic nitrogens is 4. The van der Waals surface area contributed by atoms with Gasteiger partial charge in [0.1, 0.15) is 22.7 Å². The molecular formula is C28H33F2N7O2S. The number of fused-ring (bicyclic) bond motifs is 2. The SMILES string of the molecule is COc1cc(C(=O)N2CCCC(N)C2)cc2nc(-c3cc4ccc(N(SC)C(F)F)nc4n3CC3CC3)n(C)c12. The molecule has 4 aromatic rings. The van der Waals surface area contributed by atoms with Gasteiger partial charge < -0.3 is 24.5 Å². The number of halogens is 2. The van der Waals surface area contributed by atoms with Crippen LogP contribution in [0, 0.1) is 5.92 Å². The van der Waals surface area contributed by atoms with E-state index in [2.05, 4.69) is 9.55 Å². The number of anilines is 1. The number of imidazole rings is 1. The normalized spacial score (nSPS) is 17.8. The zero-order chi connectivity index (χ0) is 28.1. The number of aryl methyl sites for hydroxylation is 1. The molecule has 1 aliphatic carbocycles. The van der Waals surface area contributed by atoms with Gasteiger partial charge in [-0.3, -0.25) is 4.79 Å². The fourth-order valence-electron chi connectivity index (χ4n) is 5.64. The second-order valence-electron chi connectivity index (χ2n) is 10.6. The average Bonchev–Trinajstić information content (AvgIpc) is 3.62. The molecule has 40 heavy (non-hydrogen) atoms. The van der Waals surface area contributed by atoms with Crippen molar-refractivity contribution in [1.29, 1.82) is 0 Å². The smallest absolute Gasteiger partial charge is 0.325 e. The van der Waals surface area contributed by atoms with Crippen LogP contribution in [0.15, 0.2) is 30.3 Å². The molecule has 1 atom stereocenters. The molecule has 1 amide bonds. The fraction of sp³-hybridized carbons (Fsp3) is 0.464. The molecular weight excluding hydrogens is 536 g/mol. The van der Waals surface area contributed by atoms with Crippen molar-refractivity contribution in [2.45, 2.75) is 44.8 Å². The van der Waals surface area contributed by atoms with E-state index in [9.17, 15) is 13.6 Å². The van der Waals surface area contributed by atoms with Crippen LogP contribution in [0.2, 0.25) is 0 Å². The van der Waals surface area contributed by atoms with E-state index in [0.717, 1.165) is 65.1 Å². The van der Waals surface area contributed by atoms with Crippen molar-refractivity contribution in [3.05, 3.63) is 35.9 Å². The molecule has 212 valence electrons. The standard InChI is InChI=1S/C28H33F2N7O2S/c1-34-24-20(11-18(13-22(24)39-2)27(38)35-10-4-5-19(31)15-35)32-26(34)21-12-17-8-9-23(37(40-3)28(29)30)33-25(17)36(21)14-16-6-7-16/h8-9,11-13,16,19,28H,4-7,10,14-15,31H2,1-3H3. The predicted octanol–water partition coefficient (Wildman–Crippen LogP) is 4.88. The van der Waals surface area contributed by atoms with Gasteiger partial charge in [0.25, 0.3) is 5.91 Å². The lowest BCUT2D eigenvalue weighted by Gasteiger charge is -2.30. The minimum absolute atomic E-state index is 0.0176. The van der Waals surface area contributed by atoms with Crippen molar-refractivity contribution < 1.29 is 18.3 Å². The monoisotopic (exact) mass is 569 g/mol. The number of carbonyl (C=O) groups is 1. The van der Waals surface area contributed by atoms with E-state index in [0.29, 0.717) is 47.3 Å². The molecule has 0 spiro atoms. The molecule has 2 fully saturated rings. The van der Waals surface area contributed by atoms with E-state index in [4.69, 9.17) is 15.5 Å². The van der Waals surface area contributed by atoms with Gasteiger partial charge in [-0.25, -0.2) is 14.3 Å². The van der Waals surface area contributed by atoms with Crippen LogP contribution in [0.1, 0.15) is 36.0 Å². The van der Waals surface area contributed by atoms with Crippen LogP contribution in [-0.4, -0.2) is 69.0 Å². The number of hydrogen-bond donors (Lipinski definition) is 1. The van der Waals surface area contributed by atoms with Crippen molar-refractivity contribution in [2.75, 3.05) is 30.8 Å². The summed E-state index contributed by atoms with van der Waals surface area (Å²) >= 11 is 0.942. The molecule has 0 bridgehead atoms. The number of nitrogens with zero attached hydrogens (tertiary/aromatic N) is 6. The van der Waals surface area contributed by atoms with Crippen molar-refractivity contribution >= 4 is 45.7 Å². The Morgan fingerprint density at radius 3 is 2.70 bits per heavy atom. The minimum Gasteiger partial charge on any atom is -0.494 e. The number of amides is 1. The average molecular weight is 570 g/mol. The Morgan fingerprint density at radius 2 is 2.02 bits per heavy atom. The Kier molecular flexibility index (Phi) is 7.07. The number of piperidine rings is 1. The van der Waals surface area contributed by atoms with E-state index in [1.165, 1.54) is 0 Å². The summed E-state index contributed by atoms with van der Waals surface area (Å²) in [6.07, 6.45) is 5.65. The van der Waals surface area contributed by atoms with E-state index in [1.54, 1.807) is 30.4 Å². The Bertz CT molecular complexity index is 1580. The highest BCUT2D eigenvalue weighted by Crippen LogP contribution is 2.38. The van der Waals surface area contributed by atoms with E-state index in [-0.39, 0.29) is 17.8 Å². The van der Waals surface area contributed by atoms with Crippen LogP contribution in [0.25, 0.3) is 33.6 Å². The first-order valence-corrected chi connectivity index (χ1v) is 14.7. The Labute approximate surface area is 235 Å². The van der Waals surface area contributed by atoms with Crippen molar-refractivity contribution in [3.8, 4) is 17.3 Å². The maximum Gasteiger partial charge on any atom is 0.325 e. The molecule has 2 N–H and O–H groups in total. The van der Waals surface area contributed by atoms with E-state index in [1.807, 2.05) is 29.8 Å². The number of pyridine rings is 1. The summed E-state index contributed by atoms with van der Waals surface area (Å²) in [5.74, 6) is 1.88. The summed E-state index contributed by atoms with van der Waals surface area (Å²) in [7, 11) is 3.51. The maximum absolute atomic E-state index is 13.6. The van der Waals surface area contributed by atoms with E-state index < -0.39 is 6.55 Å². The lowest BCUT2D eigenvalue weighted by molar-refractivity contribution is 0.0708.